The highest BCUT2D eigenvalue weighted by Gasteiger charge is 2.14. The molecule has 1 aromatic carbocycles. The first kappa shape index (κ1) is 16.2. The molecule has 1 aliphatic rings. The number of rotatable bonds is 5. The van der Waals surface area contributed by atoms with E-state index in [4.69, 9.17) is 9.47 Å². The first-order valence-corrected chi connectivity index (χ1v) is 8.52. The van der Waals surface area contributed by atoms with Crippen LogP contribution in [-0.4, -0.2) is 33.5 Å². The molecule has 0 fully saturated rings. The zero-order valence-corrected chi connectivity index (χ0v) is 14.5. The minimum atomic E-state index is -0.0453. The van der Waals surface area contributed by atoms with Gasteiger partial charge in [-0.2, -0.15) is 0 Å². The van der Waals surface area contributed by atoms with E-state index in [9.17, 15) is 4.79 Å². The molecule has 0 bridgehead atoms. The summed E-state index contributed by atoms with van der Waals surface area (Å²) in [4.78, 5) is 18.7. The van der Waals surface area contributed by atoms with Gasteiger partial charge in [0.1, 0.15) is 5.65 Å². The van der Waals surface area contributed by atoms with Crippen molar-refractivity contribution >= 4 is 17.6 Å². The summed E-state index contributed by atoms with van der Waals surface area (Å²) >= 11 is 0. The molecule has 0 saturated heterocycles. The lowest BCUT2D eigenvalue weighted by atomic mass is 10.2. The Labute approximate surface area is 151 Å². The molecule has 6 heteroatoms. The summed E-state index contributed by atoms with van der Waals surface area (Å²) in [5, 5.41) is 0. The molecule has 1 aliphatic heterocycles. The predicted molar refractivity (Wildman–Crippen MR) is 97.9 cm³/mol. The summed E-state index contributed by atoms with van der Waals surface area (Å²) < 4.78 is 12.7. The number of hydrogen-bond donors (Lipinski definition) is 0. The van der Waals surface area contributed by atoms with Crippen molar-refractivity contribution in [2.75, 3.05) is 13.3 Å². The van der Waals surface area contributed by atoms with Gasteiger partial charge in [0.2, 0.25) is 12.7 Å². The number of ether oxygens (including phenoxy) is 2. The number of benzene rings is 1. The van der Waals surface area contributed by atoms with Crippen LogP contribution >= 0.6 is 0 Å². The van der Waals surface area contributed by atoms with Crippen molar-refractivity contribution in [1.29, 1.82) is 0 Å². The second kappa shape index (κ2) is 6.92. The molecule has 3 aromatic rings. The Morgan fingerprint density at radius 1 is 1.27 bits per heavy atom. The quantitative estimate of drug-likeness (QED) is 0.664. The number of fused-ring (bicyclic) bond motifs is 2. The van der Waals surface area contributed by atoms with Gasteiger partial charge in [0.25, 0.3) is 0 Å². The summed E-state index contributed by atoms with van der Waals surface area (Å²) in [5.41, 5.74) is 2.75. The number of nitrogens with zero attached hydrogens (tertiary/aromatic N) is 3. The Kier molecular flexibility index (Phi) is 4.31. The molecular formula is C20H19N3O3. The molecule has 3 heterocycles. The Bertz CT molecular complexity index is 977. The fourth-order valence-electron chi connectivity index (χ4n) is 2.93. The van der Waals surface area contributed by atoms with E-state index >= 15 is 0 Å². The lowest BCUT2D eigenvalue weighted by Crippen LogP contribution is -2.29. The maximum absolute atomic E-state index is 12.6. The minimum absolute atomic E-state index is 0.0453. The van der Waals surface area contributed by atoms with E-state index in [1.807, 2.05) is 60.1 Å². The molecule has 0 saturated carbocycles. The highest BCUT2D eigenvalue weighted by Crippen LogP contribution is 2.32. The lowest BCUT2D eigenvalue weighted by molar-refractivity contribution is -0.126. The standard InChI is InChI=1S/C20H19N3O3/c1-2-22(13-16-12-21-19-5-3-4-10-23(16)19)20(24)9-7-15-6-8-17-18(11-15)26-14-25-17/h3-12H,2,13-14H2,1H3/b9-7+. The maximum atomic E-state index is 12.6. The highest BCUT2D eigenvalue weighted by atomic mass is 16.7. The third kappa shape index (κ3) is 3.13. The van der Waals surface area contributed by atoms with Gasteiger partial charge < -0.3 is 18.8 Å². The van der Waals surface area contributed by atoms with Crippen LogP contribution in [0.25, 0.3) is 11.7 Å². The summed E-state index contributed by atoms with van der Waals surface area (Å²) in [6.07, 6.45) is 7.15. The van der Waals surface area contributed by atoms with Crippen molar-refractivity contribution in [3.05, 3.63) is 66.1 Å². The topological polar surface area (TPSA) is 56.1 Å². The van der Waals surface area contributed by atoms with Crippen LogP contribution in [0.15, 0.2) is 54.9 Å². The lowest BCUT2D eigenvalue weighted by Gasteiger charge is -2.18. The van der Waals surface area contributed by atoms with Crippen LogP contribution in [-0.2, 0) is 11.3 Å². The summed E-state index contributed by atoms with van der Waals surface area (Å²) in [6, 6.07) is 11.5. The number of hydrogen-bond acceptors (Lipinski definition) is 4. The Balaban J connectivity index is 1.48. The Morgan fingerprint density at radius 2 is 2.15 bits per heavy atom. The summed E-state index contributed by atoms with van der Waals surface area (Å²) in [7, 11) is 0. The van der Waals surface area contributed by atoms with Crippen LogP contribution in [0.4, 0.5) is 0 Å². The molecule has 0 aliphatic carbocycles. The van der Waals surface area contributed by atoms with Gasteiger partial charge in [-0.25, -0.2) is 4.98 Å². The zero-order chi connectivity index (χ0) is 17.9. The Hall–Kier alpha value is -3.28. The van der Waals surface area contributed by atoms with Crippen LogP contribution in [0.3, 0.4) is 0 Å². The molecule has 0 unspecified atom stereocenters. The number of pyridine rings is 1. The molecule has 6 nitrogen and oxygen atoms in total. The second-order valence-electron chi connectivity index (χ2n) is 5.98. The number of amides is 1. The van der Waals surface area contributed by atoms with E-state index in [1.54, 1.807) is 17.1 Å². The van der Waals surface area contributed by atoms with Crippen molar-refractivity contribution < 1.29 is 14.3 Å². The van der Waals surface area contributed by atoms with Gasteiger partial charge in [0.05, 0.1) is 18.4 Å². The molecule has 2 aromatic heterocycles. The minimum Gasteiger partial charge on any atom is -0.454 e. The van der Waals surface area contributed by atoms with E-state index in [-0.39, 0.29) is 12.7 Å². The van der Waals surface area contributed by atoms with Gasteiger partial charge in [-0.05, 0) is 42.8 Å². The molecule has 132 valence electrons. The van der Waals surface area contributed by atoms with Crippen LogP contribution in [0, 0.1) is 0 Å². The third-order valence-electron chi connectivity index (χ3n) is 4.35. The van der Waals surface area contributed by atoms with Gasteiger partial charge in [0, 0.05) is 18.8 Å². The number of aromatic nitrogens is 2. The molecule has 0 N–H and O–H groups in total. The summed E-state index contributed by atoms with van der Waals surface area (Å²) in [5.74, 6) is 1.39. The van der Waals surface area contributed by atoms with Gasteiger partial charge in [-0.1, -0.05) is 12.1 Å². The van der Waals surface area contributed by atoms with Crippen molar-refractivity contribution in [3.8, 4) is 11.5 Å². The van der Waals surface area contributed by atoms with E-state index in [0.29, 0.717) is 18.8 Å². The van der Waals surface area contributed by atoms with Crippen molar-refractivity contribution in [1.82, 2.24) is 14.3 Å². The summed E-state index contributed by atoms with van der Waals surface area (Å²) in [6.45, 7) is 3.33. The molecule has 1 amide bonds. The molecule has 0 atom stereocenters. The average Bonchev–Trinajstić information content (AvgIpc) is 3.30. The van der Waals surface area contributed by atoms with Gasteiger partial charge in [-0.3, -0.25) is 4.79 Å². The van der Waals surface area contributed by atoms with Crippen LogP contribution < -0.4 is 9.47 Å². The number of carbonyl (C=O) groups excluding carboxylic acids is 1. The number of imidazole rings is 1. The van der Waals surface area contributed by atoms with Gasteiger partial charge >= 0.3 is 0 Å². The zero-order valence-electron chi connectivity index (χ0n) is 14.5. The molecule has 26 heavy (non-hydrogen) atoms. The molecular weight excluding hydrogens is 330 g/mol. The SMILES string of the molecule is CCN(Cc1cnc2ccccn12)C(=O)/C=C/c1ccc2c(c1)OCO2. The first-order valence-electron chi connectivity index (χ1n) is 8.52. The molecule has 4 rings (SSSR count). The van der Waals surface area contributed by atoms with Crippen molar-refractivity contribution in [3.63, 3.8) is 0 Å². The third-order valence-corrected chi connectivity index (χ3v) is 4.35. The van der Waals surface area contributed by atoms with Crippen LogP contribution in [0.2, 0.25) is 0 Å². The smallest absolute Gasteiger partial charge is 0.246 e. The largest absolute Gasteiger partial charge is 0.454 e. The molecule has 0 spiro atoms. The fourth-order valence-corrected chi connectivity index (χ4v) is 2.93. The second-order valence-corrected chi connectivity index (χ2v) is 5.98. The van der Waals surface area contributed by atoms with E-state index in [1.165, 1.54) is 0 Å². The first-order chi connectivity index (χ1) is 12.7. The van der Waals surface area contributed by atoms with E-state index in [2.05, 4.69) is 4.98 Å². The predicted octanol–water partition coefficient (Wildman–Crippen LogP) is 3.12. The number of carbonyl (C=O) groups is 1. The molecule has 0 radical (unpaired) electrons. The van der Waals surface area contributed by atoms with Gasteiger partial charge in [0.15, 0.2) is 11.5 Å². The van der Waals surface area contributed by atoms with Crippen molar-refractivity contribution in [2.24, 2.45) is 0 Å². The van der Waals surface area contributed by atoms with E-state index in [0.717, 1.165) is 22.7 Å². The Morgan fingerprint density at radius 3 is 3.04 bits per heavy atom. The van der Waals surface area contributed by atoms with Crippen LogP contribution in [0.1, 0.15) is 18.2 Å². The maximum Gasteiger partial charge on any atom is 0.246 e. The number of likely N-dealkylation sites (N-methyl/N-ethyl adjacent to an activating group) is 1. The highest BCUT2D eigenvalue weighted by molar-refractivity contribution is 5.91. The fraction of sp³-hybridized carbons (Fsp3) is 0.200. The monoisotopic (exact) mass is 349 g/mol. The van der Waals surface area contributed by atoms with Crippen molar-refractivity contribution in [2.45, 2.75) is 13.5 Å². The normalized spacial score (nSPS) is 12.8. The average molecular weight is 349 g/mol. The van der Waals surface area contributed by atoms with Gasteiger partial charge in [-0.15, -0.1) is 0 Å². The van der Waals surface area contributed by atoms with Crippen LogP contribution in [0.5, 0.6) is 11.5 Å². The van der Waals surface area contributed by atoms with E-state index < -0.39 is 0 Å².